The van der Waals surface area contributed by atoms with Gasteiger partial charge in [-0.25, -0.2) is 0 Å². The van der Waals surface area contributed by atoms with Crippen LogP contribution in [0.3, 0.4) is 0 Å². The maximum absolute atomic E-state index is 11.9. The van der Waals surface area contributed by atoms with Crippen molar-refractivity contribution in [2.75, 3.05) is 12.3 Å². The lowest BCUT2D eigenvalue weighted by atomic mass is 10.1. The van der Waals surface area contributed by atoms with Crippen molar-refractivity contribution in [3.05, 3.63) is 6.33 Å². The molecule has 112 valence electrons. The summed E-state index contributed by atoms with van der Waals surface area (Å²) < 4.78 is 1.82. The Labute approximate surface area is 122 Å². The fraction of sp³-hybridized carbons (Fsp3) is 0.667. The van der Waals surface area contributed by atoms with E-state index in [1.165, 1.54) is 18.7 Å². The Morgan fingerprint density at radius 1 is 1.50 bits per heavy atom. The normalized spacial score (nSPS) is 11.9. The van der Waals surface area contributed by atoms with Gasteiger partial charge in [-0.1, -0.05) is 25.1 Å². The first-order valence-corrected chi connectivity index (χ1v) is 7.54. The number of carbonyl (C=O) groups is 2. The molecule has 2 amide bonds. The van der Waals surface area contributed by atoms with E-state index in [1.54, 1.807) is 6.33 Å². The summed E-state index contributed by atoms with van der Waals surface area (Å²) in [5.74, 6) is 0.379. The minimum Gasteiger partial charge on any atom is -0.353 e. The van der Waals surface area contributed by atoms with Crippen LogP contribution < -0.4 is 10.6 Å². The third kappa shape index (κ3) is 5.60. The van der Waals surface area contributed by atoms with Crippen molar-refractivity contribution in [3.63, 3.8) is 0 Å². The predicted molar refractivity (Wildman–Crippen MR) is 77.2 cm³/mol. The number of nitrogens with zero attached hydrogens (tertiary/aromatic N) is 3. The highest BCUT2D eigenvalue weighted by molar-refractivity contribution is 7.99. The van der Waals surface area contributed by atoms with E-state index in [4.69, 9.17) is 0 Å². The lowest BCUT2D eigenvalue weighted by molar-refractivity contribution is -0.128. The molecule has 0 saturated carbocycles. The maximum Gasteiger partial charge on any atom is 0.242 e. The number of aryl methyl sites for hydroxylation is 1. The molecule has 0 aromatic carbocycles. The van der Waals surface area contributed by atoms with Crippen LogP contribution in [0.2, 0.25) is 0 Å². The first-order valence-electron chi connectivity index (χ1n) is 6.56. The van der Waals surface area contributed by atoms with E-state index in [-0.39, 0.29) is 11.8 Å². The zero-order valence-electron chi connectivity index (χ0n) is 12.0. The van der Waals surface area contributed by atoms with Gasteiger partial charge in [0, 0.05) is 26.3 Å². The Kier molecular flexibility index (Phi) is 7.06. The second-order valence-electron chi connectivity index (χ2n) is 4.41. The van der Waals surface area contributed by atoms with Crippen LogP contribution in [0.5, 0.6) is 0 Å². The van der Waals surface area contributed by atoms with Crippen LogP contribution in [0.25, 0.3) is 0 Å². The van der Waals surface area contributed by atoms with Gasteiger partial charge in [-0.05, 0) is 6.42 Å². The van der Waals surface area contributed by atoms with Gasteiger partial charge in [0.1, 0.15) is 12.4 Å². The smallest absolute Gasteiger partial charge is 0.242 e. The summed E-state index contributed by atoms with van der Waals surface area (Å²) in [5.41, 5.74) is 0. The molecule has 20 heavy (non-hydrogen) atoms. The number of rotatable bonds is 8. The van der Waals surface area contributed by atoms with Gasteiger partial charge < -0.3 is 15.2 Å². The largest absolute Gasteiger partial charge is 0.353 e. The molecule has 8 heteroatoms. The van der Waals surface area contributed by atoms with Crippen LogP contribution in [0.1, 0.15) is 26.7 Å². The minimum absolute atomic E-state index is 0.138. The fourth-order valence-electron chi connectivity index (χ4n) is 1.65. The second-order valence-corrected chi connectivity index (χ2v) is 5.47. The van der Waals surface area contributed by atoms with Crippen LogP contribution in [0.15, 0.2) is 11.5 Å². The van der Waals surface area contributed by atoms with E-state index in [1.807, 2.05) is 18.5 Å². The molecular weight excluding hydrogens is 278 g/mol. The van der Waals surface area contributed by atoms with Gasteiger partial charge in [0.15, 0.2) is 5.16 Å². The van der Waals surface area contributed by atoms with Gasteiger partial charge >= 0.3 is 0 Å². The van der Waals surface area contributed by atoms with Gasteiger partial charge in [-0.2, -0.15) is 0 Å². The number of aromatic nitrogens is 3. The molecule has 1 aromatic rings. The third-order valence-corrected chi connectivity index (χ3v) is 3.61. The van der Waals surface area contributed by atoms with Crippen LogP contribution >= 0.6 is 11.8 Å². The topological polar surface area (TPSA) is 88.9 Å². The molecule has 2 N–H and O–H groups in total. The van der Waals surface area contributed by atoms with E-state index in [0.29, 0.717) is 18.7 Å². The molecule has 1 atom stereocenters. The molecule has 0 aliphatic carbocycles. The van der Waals surface area contributed by atoms with Gasteiger partial charge in [-0.15, -0.1) is 10.2 Å². The van der Waals surface area contributed by atoms with Crippen molar-refractivity contribution in [1.29, 1.82) is 0 Å². The molecule has 0 unspecified atom stereocenters. The predicted octanol–water partition coefficient (Wildman–Crippen LogP) is 0.328. The lowest BCUT2D eigenvalue weighted by Gasteiger charge is -2.16. The van der Waals surface area contributed by atoms with Gasteiger partial charge in [-0.3, -0.25) is 9.59 Å². The quantitative estimate of drug-likeness (QED) is 0.533. The van der Waals surface area contributed by atoms with Crippen molar-refractivity contribution < 1.29 is 9.59 Å². The van der Waals surface area contributed by atoms with Crippen molar-refractivity contribution in [2.45, 2.75) is 37.9 Å². The van der Waals surface area contributed by atoms with Gasteiger partial charge in [0.25, 0.3) is 0 Å². The third-order valence-electron chi connectivity index (χ3n) is 2.57. The monoisotopic (exact) mass is 299 g/mol. The molecule has 7 nitrogen and oxygen atoms in total. The number of nitrogens with one attached hydrogen (secondary N) is 2. The standard InChI is InChI=1S/C12H21N5O2S/c1-4-5-10(15-9(2)18)11(19)13-6-7-20-12-16-14-8-17(12)3/h8,10H,4-7H2,1-3H3,(H,13,19)(H,15,18)/t10-/m1/s1. The Bertz CT molecular complexity index is 449. The van der Waals surface area contributed by atoms with Gasteiger partial charge in [0.2, 0.25) is 11.8 Å². The van der Waals surface area contributed by atoms with E-state index >= 15 is 0 Å². The summed E-state index contributed by atoms with van der Waals surface area (Å²) in [7, 11) is 1.87. The number of hydrogen-bond acceptors (Lipinski definition) is 5. The van der Waals surface area contributed by atoms with Crippen molar-refractivity contribution in [2.24, 2.45) is 7.05 Å². The van der Waals surface area contributed by atoms with E-state index < -0.39 is 6.04 Å². The zero-order valence-corrected chi connectivity index (χ0v) is 12.9. The highest BCUT2D eigenvalue weighted by Gasteiger charge is 2.17. The summed E-state index contributed by atoms with van der Waals surface area (Å²) in [4.78, 5) is 23.0. The fourth-order valence-corrected chi connectivity index (χ4v) is 2.39. The lowest BCUT2D eigenvalue weighted by Crippen LogP contribution is -2.46. The summed E-state index contributed by atoms with van der Waals surface area (Å²) in [6, 6.07) is -0.447. The second kappa shape index (κ2) is 8.57. The van der Waals surface area contributed by atoms with Crippen LogP contribution in [-0.4, -0.2) is 44.9 Å². The number of carbonyl (C=O) groups excluding carboxylic acids is 2. The highest BCUT2D eigenvalue weighted by atomic mass is 32.2. The molecule has 1 heterocycles. The average Bonchev–Trinajstić information content (AvgIpc) is 2.79. The Hall–Kier alpha value is -1.57. The Balaban J connectivity index is 2.30. The molecule has 1 aromatic heterocycles. The van der Waals surface area contributed by atoms with Gasteiger partial charge in [0.05, 0.1) is 0 Å². The molecule has 0 aliphatic rings. The number of amides is 2. The molecule has 0 radical (unpaired) electrons. The molecule has 0 aliphatic heterocycles. The first kappa shape index (κ1) is 16.5. The first-order chi connectivity index (χ1) is 9.54. The van der Waals surface area contributed by atoms with Crippen molar-refractivity contribution >= 4 is 23.6 Å². The summed E-state index contributed by atoms with van der Waals surface area (Å²) in [6.07, 6.45) is 3.11. The average molecular weight is 299 g/mol. The molecule has 0 fully saturated rings. The highest BCUT2D eigenvalue weighted by Crippen LogP contribution is 2.11. The van der Waals surface area contributed by atoms with E-state index in [0.717, 1.165) is 11.6 Å². The zero-order chi connectivity index (χ0) is 15.0. The Morgan fingerprint density at radius 3 is 2.80 bits per heavy atom. The SMILES string of the molecule is CCC[C@@H](NC(C)=O)C(=O)NCCSc1nncn1C. The number of hydrogen-bond donors (Lipinski definition) is 2. The minimum atomic E-state index is -0.447. The summed E-state index contributed by atoms with van der Waals surface area (Å²) >= 11 is 1.52. The molecule has 1 rings (SSSR count). The van der Waals surface area contributed by atoms with Crippen LogP contribution in [0, 0.1) is 0 Å². The molecular formula is C12H21N5O2S. The summed E-state index contributed by atoms with van der Waals surface area (Å²) in [6.45, 7) is 3.92. The van der Waals surface area contributed by atoms with Crippen LogP contribution in [-0.2, 0) is 16.6 Å². The van der Waals surface area contributed by atoms with E-state index in [2.05, 4.69) is 20.8 Å². The summed E-state index contributed by atoms with van der Waals surface area (Å²) in [5, 5.41) is 14.0. The maximum atomic E-state index is 11.9. The van der Waals surface area contributed by atoms with E-state index in [9.17, 15) is 9.59 Å². The number of thioether (sulfide) groups is 1. The molecule has 0 bridgehead atoms. The Morgan fingerprint density at radius 2 is 2.25 bits per heavy atom. The van der Waals surface area contributed by atoms with Crippen LogP contribution in [0.4, 0.5) is 0 Å². The molecule has 0 spiro atoms. The van der Waals surface area contributed by atoms with Crippen molar-refractivity contribution in [1.82, 2.24) is 25.4 Å². The van der Waals surface area contributed by atoms with Crippen molar-refractivity contribution in [3.8, 4) is 0 Å². The molecule has 0 saturated heterocycles.